The van der Waals surface area contributed by atoms with Crippen LogP contribution in [0.3, 0.4) is 0 Å². The minimum atomic E-state index is -0.166. The molecule has 0 atom stereocenters. The van der Waals surface area contributed by atoms with Gasteiger partial charge in [0.1, 0.15) is 11.6 Å². The zero-order chi connectivity index (χ0) is 21.6. The number of methoxy groups -OCH3 is 1. The minimum Gasteiger partial charge on any atom is -0.495 e. The SMILES string of the molecule is CCNC(=NCc1ccc(OC)c(NC(C)=O)c1)NCC1(c2ccccc2F)CC1. The summed E-state index contributed by atoms with van der Waals surface area (Å²) in [5.74, 6) is 0.967. The largest absolute Gasteiger partial charge is 0.495 e. The number of aliphatic imine (C=N–C) groups is 1. The molecule has 0 heterocycles. The zero-order valence-corrected chi connectivity index (χ0v) is 17.7. The highest BCUT2D eigenvalue weighted by Gasteiger charge is 2.45. The molecule has 2 aromatic rings. The summed E-state index contributed by atoms with van der Waals surface area (Å²) in [5.41, 5.74) is 2.16. The number of amides is 1. The molecule has 1 saturated carbocycles. The van der Waals surface area contributed by atoms with E-state index in [1.165, 1.54) is 13.0 Å². The van der Waals surface area contributed by atoms with Gasteiger partial charge in [-0.1, -0.05) is 24.3 Å². The fourth-order valence-corrected chi connectivity index (χ4v) is 3.49. The van der Waals surface area contributed by atoms with Gasteiger partial charge in [0.25, 0.3) is 0 Å². The summed E-state index contributed by atoms with van der Waals surface area (Å²) < 4.78 is 19.5. The molecular formula is C23H29FN4O2. The summed E-state index contributed by atoms with van der Waals surface area (Å²) in [5, 5.41) is 9.38. The van der Waals surface area contributed by atoms with E-state index in [1.807, 2.05) is 37.3 Å². The Bertz CT molecular complexity index is 925. The lowest BCUT2D eigenvalue weighted by atomic mass is 9.95. The number of ether oxygens (including phenoxy) is 1. The lowest BCUT2D eigenvalue weighted by Crippen LogP contribution is -2.41. The normalized spacial score (nSPS) is 14.7. The van der Waals surface area contributed by atoms with Crippen LogP contribution in [-0.2, 0) is 16.8 Å². The third-order valence-electron chi connectivity index (χ3n) is 5.23. The van der Waals surface area contributed by atoms with Crippen molar-refractivity contribution in [1.82, 2.24) is 10.6 Å². The lowest BCUT2D eigenvalue weighted by molar-refractivity contribution is -0.114. The molecule has 2 aromatic carbocycles. The van der Waals surface area contributed by atoms with Gasteiger partial charge in [0.05, 0.1) is 19.3 Å². The van der Waals surface area contributed by atoms with Crippen LogP contribution in [0.15, 0.2) is 47.5 Å². The summed E-state index contributed by atoms with van der Waals surface area (Å²) in [7, 11) is 1.56. The van der Waals surface area contributed by atoms with Gasteiger partial charge in [-0.2, -0.15) is 0 Å². The Morgan fingerprint density at radius 1 is 1.20 bits per heavy atom. The van der Waals surface area contributed by atoms with E-state index in [4.69, 9.17) is 4.74 Å². The molecule has 0 saturated heterocycles. The number of carbonyl (C=O) groups is 1. The number of halogens is 1. The van der Waals surface area contributed by atoms with Crippen LogP contribution in [0.1, 0.15) is 37.8 Å². The monoisotopic (exact) mass is 412 g/mol. The lowest BCUT2D eigenvalue weighted by Gasteiger charge is -2.19. The predicted octanol–water partition coefficient (Wildman–Crippen LogP) is 3.58. The number of anilines is 1. The molecule has 3 N–H and O–H groups in total. The maximum atomic E-state index is 14.2. The fraction of sp³-hybridized carbons (Fsp3) is 0.391. The van der Waals surface area contributed by atoms with Crippen LogP contribution in [0.4, 0.5) is 10.1 Å². The third kappa shape index (κ3) is 5.28. The molecular weight excluding hydrogens is 383 g/mol. The zero-order valence-electron chi connectivity index (χ0n) is 17.7. The first kappa shape index (κ1) is 21.6. The highest BCUT2D eigenvalue weighted by Crippen LogP contribution is 2.48. The maximum absolute atomic E-state index is 14.2. The van der Waals surface area contributed by atoms with E-state index in [0.717, 1.165) is 30.5 Å². The number of nitrogens with zero attached hydrogens (tertiary/aromatic N) is 1. The Morgan fingerprint density at radius 2 is 1.97 bits per heavy atom. The van der Waals surface area contributed by atoms with Crippen molar-refractivity contribution >= 4 is 17.6 Å². The first-order valence-corrected chi connectivity index (χ1v) is 10.2. The number of nitrogens with one attached hydrogen (secondary N) is 3. The molecule has 7 heteroatoms. The molecule has 0 bridgehead atoms. The number of hydrogen-bond donors (Lipinski definition) is 3. The molecule has 0 aliphatic heterocycles. The average molecular weight is 413 g/mol. The second-order valence-corrected chi connectivity index (χ2v) is 7.52. The maximum Gasteiger partial charge on any atom is 0.221 e. The van der Waals surface area contributed by atoms with Gasteiger partial charge in [0.2, 0.25) is 5.91 Å². The highest BCUT2D eigenvalue weighted by molar-refractivity contribution is 5.90. The molecule has 1 fully saturated rings. The molecule has 0 unspecified atom stereocenters. The summed E-state index contributed by atoms with van der Waals surface area (Å²) in [6, 6.07) is 12.6. The molecule has 6 nitrogen and oxygen atoms in total. The summed E-state index contributed by atoms with van der Waals surface area (Å²) >= 11 is 0. The van der Waals surface area contributed by atoms with Crippen LogP contribution in [0.25, 0.3) is 0 Å². The molecule has 0 radical (unpaired) electrons. The summed E-state index contributed by atoms with van der Waals surface area (Å²) in [6.07, 6.45) is 1.91. The van der Waals surface area contributed by atoms with Crippen molar-refractivity contribution in [2.24, 2.45) is 4.99 Å². The van der Waals surface area contributed by atoms with Crippen LogP contribution in [0, 0.1) is 5.82 Å². The van der Waals surface area contributed by atoms with E-state index in [1.54, 1.807) is 13.2 Å². The first-order valence-electron chi connectivity index (χ1n) is 10.2. The number of carbonyl (C=O) groups excluding carboxylic acids is 1. The Balaban J connectivity index is 1.69. The Hall–Kier alpha value is -3.09. The van der Waals surface area contributed by atoms with Gasteiger partial charge in [0.15, 0.2) is 5.96 Å². The molecule has 0 spiro atoms. The quantitative estimate of drug-likeness (QED) is 0.458. The third-order valence-corrected chi connectivity index (χ3v) is 5.23. The van der Waals surface area contributed by atoms with E-state index in [9.17, 15) is 9.18 Å². The number of benzene rings is 2. The molecule has 160 valence electrons. The van der Waals surface area contributed by atoms with Crippen LogP contribution in [0.5, 0.6) is 5.75 Å². The topological polar surface area (TPSA) is 74.8 Å². The number of hydrogen-bond acceptors (Lipinski definition) is 3. The average Bonchev–Trinajstić information content (AvgIpc) is 3.51. The van der Waals surface area contributed by atoms with Crippen LogP contribution in [0.2, 0.25) is 0 Å². The Kier molecular flexibility index (Phi) is 6.92. The van der Waals surface area contributed by atoms with Crippen LogP contribution in [-0.4, -0.2) is 32.1 Å². The van der Waals surface area contributed by atoms with E-state index in [0.29, 0.717) is 30.5 Å². The van der Waals surface area contributed by atoms with Crippen molar-refractivity contribution in [3.63, 3.8) is 0 Å². The molecule has 30 heavy (non-hydrogen) atoms. The van der Waals surface area contributed by atoms with Crippen molar-refractivity contribution in [2.75, 3.05) is 25.5 Å². The fourth-order valence-electron chi connectivity index (χ4n) is 3.49. The molecule has 1 aliphatic carbocycles. The smallest absolute Gasteiger partial charge is 0.221 e. The van der Waals surface area contributed by atoms with Crippen molar-refractivity contribution in [2.45, 2.75) is 38.6 Å². The van der Waals surface area contributed by atoms with Crippen molar-refractivity contribution in [1.29, 1.82) is 0 Å². The van der Waals surface area contributed by atoms with Gasteiger partial charge in [-0.05, 0) is 49.1 Å². The summed E-state index contributed by atoms with van der Waals surface area (Å²) in [4.78, 5) is 16.1. The van der Waals surface area contributed by atoms with Crippen molar-refractivity contribution in [3.8, 4) is 5.75 Å². The summed E-state index contributed by atoms with van der Waals surface area (Å²) in [6.45, 7) is 5.24. The van der Waals surface area contributed by atoms with E-state index in [-0.39, 0.29) is 17.1 Å². The Morgan fingerprint density at radius 3 is 2.60 bits per heavy atom. The van der Waals surface area contributed by atoms with Gasteiger partial charge in [-0.25, -0.2) is 9.38 Å². The van der Waals surface area contributed by atoms with E-state index in [2.05, 4.69) is 20.9 Å². The molecule has 1 aliphatic rings. The van der Waals surface area contributed by atoms with Gasteiger partial charge >= 0.3 is 0 Å². The number of rotatable bonds is 8. The van der Waals surface area contributed by atoms with Crippen molar-refractivity contribution in [3.05, 3.63) is 59.4 Å². The van der Waals surface area contributed by atoms with E-state index >= 15 is 0 Å². The second kappa shape index (κ2) is 9.61. The van der Waals surface area contributed by atoms with Gasteiger partial charge in [0, 0.05) is 25.4 Å². The molecule has 1 amide bonds. The van der Waals surface area contributed by atoms with E-state index < -0.39 is 0 Å². The van der Waals surface area contributed by atoms with Gasteiger partial charge in [-0.15, -0.1) is 0 Å². The molecule has 3 rings (SSSR count). The van der Waals surface area contributed by atoms with Gasteiger partial charge < -0.3 is 20.7 Å². The second-order valence-electron chi connectivity index (χ2n) is 7.52. The minimum absolute atomic E-state index is 0.150. The highest BCUT2D eigenvalue weighted by atomic mass is 19.1. The van der Waals surface area contributed by atoms with Gasteiger partial charge in [-0.3, -0.25) is 4.79 Å². The van der Waals surface area contributed by atoms with Crippen molar-refractivity contribution < 1.29 is 13.9 Å². The predicted molar refractivity (Wildman–Crippen MR) is 117 cm³/mol. The van der Waals surface area contributed by atoms with Crippen LogP contribution >= 0.6 is 0 Å². The standard InChI is InChI=1S/C23H29FN4O2/c1-4-25-22(27-15-23(11-12-23)18-7-5-6-8-19(18)24)26-14-17-9-10-21(30-3)20(13-17)28-16(2)29/h5-10,13H,4,11-12,14-15H2,1-3H3,(H,28,29)(H2,25,26,27). The van der Waals surface area contributed by atoms with Crippen LogP contribution < -0.4 is 20.7 Å². The first-order chi connectivity index (χ1) is 14.5. The Labute approximate surface area is 176 Å². The number of guanidine groups is 1. The molecule has 0 aromatic heterocycles.